The molecule has 0 bridgehead atoms. The molecular weight excluding hydrogens is 288 g/mol. The summed E-state index contributed by atoms with van der Waals surface area (Å²) in [7, 11) is 0. The van der Waals surface area contributed by atoms with Gasteiger partial charge in [-0.05, 0) is 63.8 Å². The van der Waals surface area contributed by atoms with Crippen molar-refractivity contribution in [3.8, 4) is 0 Å². The van der Waals surface area contributed by atoms with Crippen LogP contribution in [0.1, 0.15) is 40.5 Å². The maximum absolute atomic E-state index is 5.80. The molecule has 0 aliphatic rings. The molecule has 0 amide bonds. The van der Waals surface area contributed by atoms with E-state index >= 15 is 0 Å². The molecule has 0 atom stereocenters. The third-order valence-electron chi connectivity index (χ3n) is 3.40. The predicted octanol–water partition coefficient (Wildman–Crippen LogP) is 2.95. The van der Waals surface area contributed by atoms with E-state index in [-0.39, 0.29) is 5.41 Å². The van der Waals surface area contributed by atoms with Crippen LogP contribution in [0.2, 0.25) is 0 Å². The fourth-order valence-electron chi connectivity index (χ4n) is 2.77. The molecule has 0 unspecified atom stereocenters. The van der Waals surface area contributed by atoms with Gasteiger partial charge in [0, 0.05) is 18.5 Å². The van der Waals surface area contributed by atoms with Gasteiger partial charge in [-0.2, -0.15) is 0 Å². The summed E-state index contributed by atoms with van der Waals surface area (Å²) in [5, 5.41) is 0. The van der Waals surface area contributed by atoms with Crippen molar-refractivity contribution >= 4 is 0 Å². The Hall–Kier alpha value is -1.12. The van der Waals surface area contributed by atoms with Gasteiger partial charge in [0.2, 0.25) is 0 Å². The van der Waals surface area contributed by atoms with Gasteiger partial charge in [-0.1, -0.05) is 0 Å². The molecule has 0 aliphatic heterocycles. The van der Waals surface area contributed by atoms with Crippen LogP contribution in [0.3, 0.4) is 0 Å². The normalized spacial score (nSPS) is 10.7. The highest BCUT2D eigenvalue weighted by molar-refractivity contribution is 5.09. The van der Waals surface area contributed by atoms with Gasteiger partial charge in [0.15, 0.2) is 0 Å². The first-order valence-electron chi connectivity index (χ1n) is 8.32. The van der Waals surface area contributed by atoms with Crippen molar-refractivity contribution in [2.75, 3.05) is 39.5 Å². The van der Waals surface area contributed by atoms with Crippen LogP contribution in [0.15, 0.2) is 34.8 Å². The van der Waals surface area contributed by atoms with E-state index in [1.165, 1.54) is 11.1 Å². The predicted molar refractivity (Wildman–Crippen MR) is 97.3 cm³/mol. The van der Waals surface area contributed by atoms with E-state index in [0.717, 1.165) is 12.8 Å². The molecule has 4 nitrogen and oxygen atoms in total. The van der Waals surface area contributed by atoms with Crippen molar-refractivity contribution < 1.29 is 9.47 Å². The molecule has 0 spiro atoms. The Morgan fingerprint density at radius 2 is 1.26 bits per heavy atom. The summed E-state index contributed by atoms with van der Waals surface area (Å²) in [6, 6.07) is 0. The molecule has 0 aromatic rings. The topological polar surface area (TPSA) is 70.5 Å². The molecule has 132 valence electrons. The zero-order chi connectivity index (χ0) is 17.6. The number of nitrogens with two attached hydrogens (primary N) is 2. The first kappa shape index (κ1) is 21.9. The minimum absolute atomic E-state index is 0.148. The van der Waals surface area contributed by atoms with Gasteiger partial charge >= 0.3 is 0 Å². The smallest absolute Gasteiger partial charge is 0.0589 e. The molecule has 0 saturated heterocycles. The highest BCUT2D eigenvalue weighted by atomic mass is 16.5. The minimum atomic E-state index is -0.148. The third-order valence-corrected chi connectivity index (χ3v) is 3.40. The summed E-state index contributed by atoms with van der Waals surface area (Å²) in [4.78, 5) is 0. The molecular formula is C19H34N2O2. The molecule has 0 heterocycles. The Morgan fingerprint density at radius 3 is 1.57 bits per heavy atom. The Kier molecular flexibility index (Phi) is 12.7. The van der Waals surface area contributed by atoms with E-state index < -0.39 is 0 Å². The van der Waals surface area contributed by atoms with Gasteiger partial charge in [-0.15, -0.1) is 11.5 Å². The zero-order valence-corrected chi connectivity index (χ0v) is 15.3. The average molecular weight is 322 g/mol. The van der Waals surface area contributed by atoms with Crippen LogP contribution in [-0.2, 0) is 9.47 Å². The molecule has 0 saturated carbocycles. The summed E-state index contributed by atoms with van der Waals surface area (Å²) >= 11 is 0. The lowest BCUT2D eigenvalue weighted by Gasteiger charge is -2.33. The maximum atomic E-state index is 5.80. The Balaban J connectivity index is 5.38. The Morgan fingerprint density at radius 1 is 0.870 bits per heavy atom. The van der Waals surface area contributed by atoms with Crippen LogP contribution < -0.4 is 11.5 Å². The van der Waals surface area contributed by atoms with E-state index in [2.05, 4.69) is 25.3 Å². The van der Waals surface area contributed by atoms with Crippen LogP contribution in [0.25, 0.3) is 0 Å². The van der Waals surface area contributed by atoms with Crippen LogP contribution in [-0.4, -0.2) is 39.5 Å². The number of hydrogen-bond acceptors (Lipinski definition) is 4. The second-order valence-electron chi connectivity index (χ2n) is 5.96. The minimum Gasteiger partial charge on any atom is -0.379 e. The molecule has 23 heavy (non-hydrogen) atoms. The standard InChI is InChI=1S/C19H34N2O2/c1-5-7-17(3)13-19(15-22-11-9-20,16-23-12-10-21)14-18(4)8-6-2/h5-6H,9-16,20-21H2,1-4H3. The average Bonchev–Trinajstić information content (AvgIpc) is 2.48. The van der Waals surface area contributed by atoms with E-state index in [0.29, 0.717) is 39.5 Å². The summed E-state index contributed by atoms with van der Waals surface area (Å²) in [6.45, 7) is 11.5. The monoisotopic (exact) mass is 322 g/mol. The van der Waals surface area contributed by atoms with Crippen molar-refractivity contribution in [1.82, 2.24) is 0 Å². The lowest BCUT2D eigenvalue weighted by atomic mass is 9.78. The fourth-order valence-corrected chi connectivity index (χ4v) is 2.77. The van der Waals surface area contributed by atoms with Crippen LogP contribution in [0.5, 0.6) is 0 Å². The molecule has 0 fully saturated rings. The highest BCUT2D eigenvalue weighted by Crippen LogP contribution is 2.34. The second-order valence-corrected chi connectivity index (χ2v) is 5.96. The number of ether oxygens (including phenoxy) is 2. The van der Waals surface area contributed by atoms with Crippen LogP contribution >= 0.6 is 0 Å². The van der Waals surface area contributed by atoms with Crippen LogP contribution in [0, 0.1) is 5.41 Å². The Bertz CT molecular complexity index is 400. The van der Waals surface area contributed by atoms with Crippen molar-refractivity contribution in [3.63, 3.8) is 0 Å². The first-order valence-corrected chi connectivity index (χ1v) is 8.32. The SMILES string of the molecule is CC=C=C(C)CC(COCCN)(COCCN)CC(C)=C=CC. The zero-order valence-electron chi connectivity index (χ0n) is 15.3. The molecule has 0 rings (SSSR count). The lowest BCUT2D eigenvalue weighted by Crippen LogP contribution is -2.35. The van der Waals surface area contributed by atoms with Gasteiger partial charge in [0.1, 0.15) is 0 Å². The first-order chi connectivity index (χ1) is 11.0. The van der Waals surface area contributed by atoms with Gasteiger partial charge < -0.3 is 20.9 Å². The second kappa shape index (κ2) is 13.3. The van der Waals surface area contributed by atoms with Crippen molar-refractivity contribution in [2.24, 2.45) is 16.9 Å². The molecule has 0 aromatic carbocycles. The van der Waals surface area contributed by atoms with E-state index in [9.17, 15) is 0 Å². The molecule has 0 aromatic heterocycles. The largest absolute Gasteiger partial charge is 0.379 e. The van der Waals surface area contributed by atoms with E-state index in [4.69, 9.17) is 20.9 Å². The number of allylic oxidation sites excluding steroid dienone is 2. The lowest BCUT2D eigenvalue weighted by molar-refractivity contribution is -0.0191. The van der Waals surface area contributed by atoms with Crippen molar-refractivity contribution in [2.45, 2.75) is 40.5 Å². The summed E-state index contributed by atoms with van der Waals surface area (Å²) < 4.78 is 11.6. The fraction of sp³-hybridized carbons (Fsp3) is 0.684. The molecule has 0 radical (unpaired) electrons. The number of hydrogen-bond donors (Lipinski definition) is 2. The van der Waals surface area contributed by atoms with Crippen molar-refractivity contribution in [3.05, 3.63) is 34.8 Å². The molecule has 0 aliphatic carbocycles. The highest BCUT2D eigenvalue weighted by Gasteiger charge is 2.32. The number of rotatable bonds is 12. The van der Waals surface area contributed by atoms with Crippen LogP contribution in [0.4, 0.5) is 0 Å². The Labute approximate surface area is 141 Å². The summed E-state index contributed by atoms with van der Waals surface area (Å²) in [5.41, 5.74) is 19.9. The van der Waals surface area contributed by atoms with E-state index in [1.807, 2.05) is 26.0 Å². The van der Waals surface area contributed by atoms with Gasteiger partial charge in [-0.25, -0.2) is 0 Å². The van der Waals surface area contributed by atoms with Gasteiger partial charge in [0.05, 0.1) is 26.4 Å². The third kappa shape index (κ3) is 10.3. The van der Waals surface area contributed by atoms with E-state index in [1.54, 1.807) is 0 Å². The molecule has 4 heteroatoms. The van der Waals surface area contributed by atoms with Crippen molar-refractivity contribution in [1.29, 1.82) is 0 Å². The molecule has 4 N–H and O–H groups in total. The van der Waals surface area contributed by atoms with Gasteiger partial charge in [0.25, 0.3) is 0 Å². The maximum Gasteiger partial charge on any atom is 0.0589 e. The summed E-state index contributed by atoms with van der Waals surface area (Å²) in [6.07, 6.45) is 5.59. The van der Waals surface area contributed by atoms with Gasteiger partial charge in [-0.3, -0.25) is 0 Å². The quantitative estimate of drug-likeness (QED) is 0.428. The summed E-state index contributed by atoms with van der Waals surface area (Å²) in [5.74, 6) is 0.